The van der Waals surface area contributed by atoms with Gasteiger partial charge in [0.1, 0.15) is 11.5 Å². The molecule has 0 saturated carbocycles. The van der Waals surface area contributed by atoms with Crippen molar-refractivity contribution < 1.29 is 4.74 Å². The van der Waals surface area contributed by atoms with E-state index in [0.29, 0.717) is 5.92 Å². The summed E-state index contributed by atoms with van der Waals surface area (Å²) in [4.78, 5) is 0. The zero-order chi connectivity index (χ0) is 12.3. The highest BCUT2D eigenvalue weighted by Crippen LogP contribution is 2.26. The van der Waals surface area contributed by atoms with Gasteiger partial charge >= 0.3 is 0 Å². The first kappa shape index (κ1) is 11.7. The van der Waals surface area contributed by atoms with Crippen molar-refractivity contribution in [1.82, 2.24) is 0 Å². The summed E-state index contributed by atoms with van der Waals surface area (Å²) < 4.78 is 5.88. The van der Waals surface area contributed by atoms with Crippen LogP contribution in [0.5, 0.6) is 11.5 Å². The Labute approximate surface area is 103 Å². The molecule has 2 rings (SSSR count). The van der Waals surface area contributed by atoms with Gasteiger partial charge in [0.2, 0.25) is 0 Å². The molecule has 87 valence electrons. The third-order valence-electron chi connectivity index (χ3n) is 2.77. The fourth-order valence-corrected chi connectivity index (χ4v) is 1.68. The van der Waals surface area contributed by atoms with Gasteiger partial charge in [0.15, 0.2) is 0 Å². The molecule has 0 saturated heterocycles. The Bertz CT molecular complexity index is 500. The molecule has 0 aliphatic rings. The maximum absolute atomic E-state index is 5.88. The second-order valence-corrected chi connectivity index (χ2v) is 4.52. The van der Waals surface area contributed by atoms with Crippen LogP contribution in [0.15, 0.2) is 42.5 Å². The fraction of sp³-hybridized carbons (Fsp3) is 0.250. The summed E-state index contributed by atoms with van der Waals surface area (Å²) in [6.45, 7) is 6.39. The maximum atomic E-state index is 5.88. The molecular formula is C16H17O. The molecule has 0 amide bonds. The van der Waals surface area contributed by atoms with Crippen molar-refractivity contribution in [2.75, 3.05) is 0 Å². The number of hydrogen-bond acceptors (Lipinski definition) is 1. The zero-order valence-electron chi connectivity index (χ0n) is 10.5. The number of benzene rings is 2. The van der Waals surface area contributed by atoms with E-state index in [-0.39, 0.29) is 0 Å². The lowest BCUT2D eigenvalue weighted by molar-refractivity contribution is 0.478. The molecule has 1 heteroatoms. The summed E-state index contributed by atoms with van der Waals surface area (Å²) >= 11 is 0. The monoisotopic (exact) mass is 225 g/mol. The smallest absolute Gasteiger partial charge is 0.130 e. The molecule has 0 N–H and O–H groups in total. The van der Waals surface area contributed by atoms with Gasteiger partial charge in [0.25, 0.3) is 0 Å². The lowest BCUT2D eigenvalue weighted by atomic mass is 10.0. The normalized spacial score (nSPS) is 10.6. The van der Waals surface area contributed by atoms with Crippen molar-refractivity contribution in [2.45, 2.75) is 26.7 Å². The first-order chi connectivity index (χ1) is 8.16. The molecule has 0 unspecified atom stereocenters. The first-order valence-corrected chi connectivity index (χ1v) is 5.91. The summed E-state index contributed by atoms with van der Waals surface area (Å²) in [7, 11) is 0. The zero-order valence-corrected chi connectivity index (χ0v) is 10.5. The highest BCUT2D eigenvalue weighted by Gasteiger charge is 2.03. The third-order valence-corrected chi connectivity index (χ3v) is 2.77. The van der Waals surface area contributed by atoms with E-state index in [1.807, 2.05) is 37.3 Å². The molecule has 0 heterocycles. The molecule has 0 aliphatic carbocycles. The summed E-state index contributed by atoms with van der Waals surface area (Å²) in [5, 5.41) is 0. The van der Waals surface area contributed by atoms with Crippen molar-refractivity contribution in [3.63, 3.8) is 0 Å². The molecular weight excluding hydrogens is 208 g/mol. The van der Waals surface area contributed by atoms with Crippen molar-refractivity contribution in [1.29, 1.82) is 0 Å². The Balaban J connectivity index is 2.25. The molecule has 1 nitrogen and oxygen atoms in total. The predicted molar refractivity (Wildman–Crippen MR) is 70.6 cm³/mol. The molecule has 0 aliphatic heterocycles. The van der Waals surface area contributed by atoms with Crippen LogP contribution in [-0.2, 0) is 0 Å². The second-order valence-electron chi connectivity index (χ2n) is 4.52. The van der Waals surface area contributed by atoms with Gasteiger partial charge in [0, 0.05) is 0 Å². The van der Waals surface area contributed by atoms with Crippen molar-refractivity contribution in [3.05, 3.63) is 59.7 Å². The number of aryl methyl sites for hydroxylation is 1. The van der Waals surface area contributed by atoms with Gasteiger partial charge in [-0.2, -0.15) is 0 Å². The highest BCUT2D eigenvalue weighted by molar-refractivity contribution is 5.38. The average molecular weight is 225 g/mol. The van der Waals surface area contributed by atoms with E-state index in [4.69, 9.17) is 4.74 Å². The largest absolute Gasteiger partial charge is 0.457 e. The van der Waals surface area contributed by atoms with E-state index in [0.717, 1.165) is 17.1 Å². The number of rotatable bonds is 3. The van der Waals surface area contributed by atoms with Gasteiger partial charge in [0.05, 0.1) is 0 Å². The SMILES string of the molecule is Cc1c[c]ccc1Oc1cccc(C(C)C)c1. The lowest BCUT2D eigenvalue weighted by Gasteiger charge is -2.11. The molecule has 0 atom stereocenters. The standard InChI is InChI=1S/C16H17O/c1-12(2)14-8-6-9-15(11-14)17-16-10-5-4-7-13(16)3/h5-12H,1-3H3. The van der Waals surface area contributed by atoms with Gasteiger partial charge in [-0.05, 0) is 54.3 Å². The van der Waals surface area contributed by atoms with E-state index < -0.39 is 0 Å². The first-order valence-electron chi connectivity index (χ1n) is 5.91. The molecule has 0 spiro atoms. The van der Waals surface area contributed by atoms with E-state index >= 15 is 0 Å². The fourth-order valence-electron chi connectivity index (χ4n) is 1.68. The average Bonchev–Trinajstić information content (AvgIpc) is 2.32. The van der Waals surface area contributed by atoms with Crippen LogP contribution >= 0.6 is 0 Å². The van der Waals surface area contributed by atoms with Crippen molar-refractivity contribution in [2.24, 2.45) is 0 Å². The summed E-state index contributed by atoms with van der Waals surface area (Å²) in [5.74, 6) is 2.30. The molecule has 2 aromatic rings. The summed E-state index contributed by atoms with van der Waals surface area (Å²) in [6.07, 6.45) is 0. The summed E-state index contributed by atoms with van der Waals surface area (Å²) in [5.41, 5.74) is 2.39. The van der Waals surface area contributed by atoms with Crippen LogP contribution in [0.25, 0.3) is 0 Å². The maximum Gasteiger partial charge on any atom is 0.130 e. The molecule has 2 aromatic carbocycles. The Hall–Kier alpha value is -1.76. The molecule has 17 heavy (non-hydrogen) atoms. The van der Waals surface area contributed by atoms with Gasteiger partial charge in [-0.25, -0.2) is 0 Å². The van der Waals surface area contributed by atoms with E-state index in [2.05, 4.69) is 32.0 Å². The predicted octanol–water partition coefficient (Wildman–Crippen LogP) is 4.71. The van der Waals surface area contributed by atoms with Gasteiger partial charge in [-0.15, -0.1) is 0 Å². The van der Waals surface area contributed by atoms with Crippen LogP contribution in [0.2, 0.25) is 0 Å². The topological polar surface area (TPSA) is 9.23 Å². The van der Waals surface area contributed by atoms with Crippen LogP contribution in [0.4, 0.5) is 0 Å². The van der Waals surface area contributed by atoms with Crippen molar-refractivity contribution >= 4 is 0 Å². The van der Waals surface area contributed by atoms with E-state index in [1.54, 1.807) is 0 Å². The molecule has 0 aromatic heterocycles. The Morgan fingerprint density at radius 3 is 2.71 bits per heavy atom. The van der Waals surface area contributed by atoms with Crippen molar-refractivity contribution in [3.8, 4) is 11.5 Å². The Morgan fingerprint density at radius 1 is 1.18 bits per heavy atom. The van der Waals surface area contributed by atoms with E-state index in [9.17, 15) is 0 Å². The number of ether oxygens (including phenoxy) is 1. The van der Waals surface area contributed by atoms with Gasteiger partial charge in [-0.1, -0.05) is 32.0 Å². The van der Waals surface area contributed by atoms with Gasteiger partial charge in [-0.3, -0.25) is 0 Å². The molecule has 0 bridgehead atoms. The van der Waals surface area contributed by atoms with Gasteiger partial charge < -0.3 is 4.74 Å². The minimum atomic E-state index is 0.517. The quantitative estimate of drug-likeness (QED) is 0.735. The van der Waals surface area contributed by atoms with Crippen LogP contribution in [0.1, 0.15) is 30.9 Å². The Morgan fingerprint density at radius 2 is 2.00 bits per heavy atom. The highest BCUT2D eigenvalue weighted by atomic mass is 16.5. The minimum Gasteiger partial charge on any atom is -0.457 e. The second kappa shape index (κ2) is 5.05. The van der Waals surface area contributed by atoms with Crippen LogP contribution in [0.3, 0.4) is 0 Å². The van der Waals surface area contributed by atoms with Crippen LogP contribution in [-0.4, -0.2) is 0 Å². The molecule has 1 radical (unpaired) electrons. The third kappa shape index (κ3) is 2.88. The van der Waals surface area contributed by atoms with E-state index in [1.165, 1.54) is 5.56 Å². The Kier molecular flexibility index (Phi) is 3.48. The molecule has 0 fully saturated rings. The lowest BCUT2D eigenvalue weighted by Crippen LogP contribution is -1.90. The summed E-state index contributed by atoms with van der Waals surface area (Å²) in [6, 6.07) is 17.0. The van der Waals surface area contributed by atoms with Crippen LogP contribution < -0.4 is 4.74 Å². The number of hydrogen-bond donors (Lipinski definition) is 0. The van der Waals surface area contributed by atoms with Crippen LogP contribution in [0, 0.1) is 13.0 Å². The minimum absolute atomic E-state index is 0.517.